The molecule has 1 saturated carbocycles. The average Bonchev–Trinajstić information content (AvgIpc) is 3.28. The molecule has 1 fully saturated rings. The van der Waals surface area contributed by atoms with Crippen molar-refractivity contribution in [3.05, 3.63) is 71.9 Å². The zero-order valence-electron chi connectivity index (χ0n) is 14.0. The van der Waals surface area contributed by atoms with Gasteiger partial charge >= 0.3 is 0 Å². The summed E-state index contributed by atoms with van der Waals surface area (Å²) in [5.41, 5.74) is 4.58. The third-order valence-electron chi connectivity index (χ3n) is 5.36. The SMILES string of the molecule is CN(C)C1(Cc2cn(Cc3ccccc3)c3ccccc23)CC1. The number of fused-ring (bicyclic) bond motifs is 1. The van der Waals surface area contributed by atoms with Gasteiger partial charge in [-0.2, -0.15) is 0 Å². The van der Waals surface area contributed by atoms with Gasteiger partial charge in [0.2, 0.25) is 0 Å². The molecule has 1 heterocycles. The first-order chi connectivity index (χ1) is 11.2. The molecule has 0 aliphatic heterocycles. The average molecular weight is 304 g/mol. The van der Waals surface area contributed by atoms with Crippen LogP contribution in [0.2, 0.25) is 0 Å². The summed E-state index contributed by atoms with van der Waals surface area (Å²) in [5.74, 6) is 0. The maximum Gasteiger partial charge on any atom is 0.0486 e. The largest absolute Gasteiger partial charge is 0.343 e. The molecule has 0 amide bonds. The Kier molecular flexibility index (Phi) is 3.50. The third kappa shape index (κ3) is 2.68. The Hall–Kier alpha value is -2.06. The van der Waals surface area contributed by atoms with Gasteiger partial charge in [-0.25, -0.2) is 0 Å². The molecule has 0 bridgehead atoms. The summed E-state index contributed by atoms with van der Waals surface area (Å²) in [7, 11) is 4.44. The Morgan fingerprint density at radius 1 is 0.957 bits per heavy atom. The molecule has 2 nitrogen and oxygen atoms in total. The highest BCUT2D eigenvalue weighted by Gasteiger charge is 2.44. The number of nitrogens with zero attached hydrogens (tertiary/aromatic N) is 2. The Bertz CT molecular complexity index is 810. The molecular formula is C21H24N2. The molecule has 1 aliphatic rings. The second-order valence-electron chi connectivity index (χ2n) is 7.08. The van der Waals surface area contributed by atoms with Gasteiger partial charge in [-0.05, 0) is 50.6 Å². The zero-order valence-corrected chi connectivity index (χ0v) is 14.0. The minimum absolute atomic E-state index is 0.391. The molecule has 4 rings (SSSR count). The third-order valence-corrected chi connectivity index (χ3v) is 5.36. The first kappa shape index (κ1) is 14.5. The molecule has 2 aromatic carbocycles. The van der Waals surface area contributed by atoms with Crippen LogP contribution in [0.1, 0.15) is 24.0 Å². The van der Waals surface area contributed by atoms with Crippen LogP contribution in [0.15, 0.2) is 60.8 Å². The number of likely N-dealkylation sites (N-methyl/N-ethyl adjacent to an activating group) is 1. The number of hydrogen-bond acceptors (Lipinski definition) is 1. The fourth-order valence-electron chi connectivity index (χ4n) is 3.66. The van der Waals surface area contributed by atoms with Crippen LogP contribution in [0.4, 0.5) is 0 Å². The maximum absolute atomic E-state index is 2.41. The molecule has 0 radical (unpaired) electrons. The second kappa shape index (κ2) is 5.54. The van der Waals surface area contributed by atoms with Gasteiger partial charge in [0, 0.05) is 29.2 Å². The van der Waals surface area contributed by atoms with Crippen molar-refractivity contribution >= 4 is 10.9 Å². The number of rotatable bonds is 5. The molecule has 1 aromatic heterocycles. The highest BCUT2D eigenvalue weighted by atomic mass is 15.2. The highest BCUT2D eigenvalue weighted by molar-refractivity contribution is 5.84. The van der Waals surface area contributed by atoms with E-state index in [0.717, 1.165) is 13.0 Å². The minimum atomic E-state index is 0.391. The summed E-state index contributed by atoms with van der Waals surface area (Å²) in [6.07, 6.45) is 6.17. The van der Waals surface area contributed by atoms with Crippen molar-refractivity contribution in [3.8, 4) is 0 Å². The van der Waals surface area contributed by atoms with E-state index in [1.54, 1.807) is 0 Å². The lowest BCUT2D eigenvalue weighted by molar-refractivity contribution is 0.270. The molecule has 23 heavy (non-hydrogen) atoms. The fourth-order valence-corrected chi connectivity index (χ4v) is 3.66. The molecule has 118 valence electrons. The molecule has 0 spiro atoms. The van der Waals surface area contributed by atoms with Crippen LogP contribution in [0.5, 0.6) is 0 Å². The van der Waals surface area contributed by atoms with Crippen molar-refractivity contribution < 1.29 is 0 Å². The Morgan fingerprint density at radius 3 is 2.35 bits per heavy atom. The van der Waals surface area contributed by atoms with Gasteiger partial charge in [0.25, 0.3) is 0 Å². The molecule has 0 N–H and O–H groups in total. The van der Waals surface area contributed by atoms with Crippen molar-refractivity contribution in [1.29, 1.82) is 0 Å². The minimum Gasteiger partial charge on any atom is -0.343 e. The van der Waals surface area contributed by atoms with E-state index in [1.165, 1.54) is 34.9 Å². The normalized spacial score (nSPS) is 16.1. The number of benzene rings is 2. The van der Waals surface area contributed by atoms with E-state index in [-0.39, 0.29) is 0 Å². The van der Waals surface area contributed by atoms with Gasteiger partial charge in [0.05, 0.1) is 0 Å². The lowest BCUT2D eigenvalue weighted by atomic mass is 10.0. The molecule has 0 unspecified atom stereocenters. The molecule has 0 saturated heterocycles. The van der Waals surface area contributed by atoms with E-state index in [0.29, 0.717) is 5.54 Å². The summed E-state index contributed by atoms with van der Waals surface area (Å²) < 4.78 is 2.41. The molecule has 2 heteroatoms. The summed E-state index contributed by atoms with van der Waals surface area (Å²) in [6.45, 7) is 0.941. The van der Waals surface area contributed by atoms with E-state index in [9.17, 15) is 0 Å². The van der Waals surface area contributed by atoms with Gasteiger partial charge in [-0.3, -0.25) is 0 Å². The summed E-state index contributed by atoms with van der Waals surface area (Å²) in [4.78, 5) is 2.41. The monoisotopic (exact) mass is 304 g/mol. The van der Waals surface area contributed by atoms with Crippen LogP contribution in [-0.2, 0) is 13.0 Å². The van der Waals surface area contributed by atoms with Gasteiger partial charge in [0.15, 0.2) is 0 Å². The summed E-state index contributed by atoms with van der Waals surface area (Å²) in [6, 6.07) is 19.6. The Labute approximate surface area is 138 Å². The van der Waals surface area contributed by atoms with E-state index >= 15 is 0 Å². The number of hydrogen-bond donors (Lipinski definition) is 0. The van der Waals surface area contributed by atoms with Gasteiger partial charge in [-0.15, -0.1) is 0 Å². The van der Waals surface area contributed by atoms with Crippen LogP contribution in [0.3, 0.4) is 0 Å². The van der Waals surface area contributed by atoms with E-state index in [4.69, 9.17) is 0 Å². The van der Waals surface area contributed by atoms with Crippen LogP contribution in [-0.4, -0.2) is 29.1 Å². The van der Waals surface area contributed by atoms with Crippen LogP contribution in [0.25, 0.3) is 10.9 Å². The Morgan fingerprint density at radius 2 is 1.65 bits per heavy atom. The summed E-state index contributed by atoms with van der Waals surface area (Å²) >= 11 is 0. The van der Waals surface area contributed by atoms with Crippen molar-refractivity contribution in [2.45, 2.75) is 31.3 Å². The lowest BCUT2D eigenvalue weighted by Gasteiger charge is -2.23. The van der Waals surface area contributed by atoms with Crippen LogP contribution < -0.4 is 0 Å². The van der Waals surface area contributed by atoms with Crippen molar-refractivity contribution in [3.63, 3.8) is 0 Å². The zero-order chi connectivity index (χ0) is 15.9. The van der Waals surface area contributed by atoms with Crippen molar-refractivity contribution in [1.82, 2.24) is 9.47 Å². The van der Waals surface area contributed by atoms with Crippen molar-refractivity contribution in [2.75, 3.05) is 14.1 Å². The predicted octanol–water partition coefficient (Wildman–Crippen LogP) is 4.33. The highest BCUT2D eigenvalue weighted by Crippen LogP contribution is 2.44. The predicted molar refractivity (Wildman–Crippen MR) is 96.8 cm³/mol. The van der Waals surface area contributed by atoms with Gasteiger partial charge in [-0.1, -0.05) is 48.5 Å². The first-order valence-electron chi connectivity index (χ1n) is 8.46. The van der Waals surface area contributed by atoms with Crippen LogP contribution >= 0.6 is 0 Å². The molecule has 1 aliphatic carbocycles. The number of para-hydroxylation sites is 1. The maximum atomic E-state index is 2.41. The Balaban J connectivity index is 1.72. The van der Waals surface area contributed by atoms with Gasteiger partial charge in [0.1, 0.15) is 0 Å². The molecule has 0 atom stereocenters. The van der Waals surface area contributed by atoms with E-state index < -0.39 is 0 Å². The lowest BCUT2D eigenvalue weighted by Crippen LogP contribution is -2.32. The topological polar surface area (TPSA) is 8.17 Å². The van der Waals surface area contributed by atoms with Crippen LogP contribution in [0, 0.1) is 0 Å². The number of aromatic nitrogens is 1. The first-order valence-corrected chi connectivity index (χ1v) is 8.46. The molecule has 3 aromatic rings. The molecular weight excluding hydrogens is 280 g/mol. The van der Waals surface area contributed by atoms with E-state index in [1.807, 2.05) is 0 Å². The van der Waals surface area contributed by atoms with Gasteiger partial charge < -0.3 is 9.47 Å². The quantitative estimate of drug-likeness (QED) is 0.681. The fraction of sp³-hybridized carbons (Fsp3) is 0.333. The van der Waals surface area contributed by atoms with Crippen molar-refractivity contribution in [2.24, 2.45) is 0 Å². The second-order valence-corrected chi connectivity index (χ2v) is 7.08. The standard InChI is InChI=1S/C21H24N2/c1-22(2)21(12-13-21)14-18-16-23(15-17-8-4-3-5-9-17)20-11-7-6-10-19(18)20/h3-11,16H,12-15H2,1-2H3. The summed E-state index contributed by atoms with van der Waals surface area (Å²) in [5, 5.41) is 1.41. The smallest absolute Gasteiger partial charge is 0.0486 e. The van der Waals surface area contributed by atoms with E-state index in [2.05, 4.69) is 84.4 Å².